The minimum atomic E-state index is -0.247. The van der Waals surface area contributed by atoms with Crippen molar-refractivity contribution in [3.05, 3.63) is 12.7 Å². The van der Waals surface area contributed by atoms with Crippen molar-refractivity contribution >= 4 is 5.91 Å². The summed E-state index contributed by atoms with van der Waals surface area (Å²) in [6.07, 6.45) is 2.54. The van der Waals surface area contributed by atoms with Crippen LogP contribution in [0.25, 0.3) is 0 Å². The van der Waals surface area contributed by atoms with Gasteiger partial charge in [-0.3, -0.25) is 4.79 Å². The maximum atomic E-state index is 11.3. The molecule has 2 heteroatoms. The van der Waals surface area contributed by atoms with Crippen LogP contribution in [-0.4, -0.2) is 12.5 Å². The Labute approximate surface area is 68.7 Å². The number of carbonyl (C=O) groups is 1. The molecular formula is C9H17NO. The van der Waals surface area contributed by atoms with E-state index < -0.39 is 0 Å². The molecule has 1 amide bonds. The van der Waals surface area contributed by atoms with Crippen LogP contribution in [-0.2, 0) is 4.79 Å². The zero-order chi connectivity index (χ0) is 8.91. The van der Waals surface area contributed by atoms with E-state index in [2.05, 4.69) is 11.9 Å². The lowest BCUT2D eigenvalue weighted by Crippen LogP contribution is -2.36. The molecule has 11 heavy (non-hydrogen) atoms. The van der Waals surface area contributed by atoms with Crippen molar-refractivity contribution in [2.75, 3.05) is 6.54 Å². The average molecular weight is 155 g/mol. The SMILES string of the molecule is C=CCNC(=O)C(C)(C)CC. The second kappa shape index (κ2) is 4.16. The molecule has 0 aliphatic carbocycles. The van der Waals surface area contributed by atoms with Crippen LogP contribution in [0.4, 0.5) is 0 Å². The zero-order valence-electron chi connectivity index (χ0n) is 7.61. The van der Waals surface area contributed by atoms with E-state index >= 15 is 0 Å². The first kappa shape index (κ1) is 10.2. The van der Waals surface area contributed by atoms with Gasteiger partial charge in [-0.05, 0) is 6.42 Å². The molecule has 0 bridgehead atoms. The Morgan fingerprint density at radius 2 is 2.18 bits per heavy atom. The summed E-state index contributed by atoms with van der Waals surface area (Å²) in [6.45, 7) is 9.96. The molecule has 0 saturated heterocycles. The highest BCUT2D eigenvalue weighted by Crippen LogP contribution is 2.18. The van der Waals surface area contributed by atoms with Gasteiger partial charge in [0.2, 0.25) is 5.91 Å². The van der Waals surface area contributed by atoms with Gasteiger partial charge in [-0.25, -0.2) is 0 Å². The quantitative estimate of drug-likeness (QED) is 0.615. The number of amides is 1. The largest absolute Gasteiger partial charge is 0.352 e. The number of hydrogen-bond donors (Lipinski definition) is 1. The Bertz CT molecular complexity index is 150. The first-order valence-electron chi connectivity index (χ1n) is 3.93. The van der Waals surface area contributed by atoms with Gasteiger partial charge in [-0.1, -0.05) is 26.8 Å². The Balaban J connectivity index is 3.91. The second-order valence-electron chi connectivity index (χ2n) is 3.24. The van der Waals surface area contributed by atoms with Crippen molar-refractivity contribution in [1.29, 1.82) is 0 Å². The Morgan fingerprint density at radius 3 is 2.55 bits per heavy atom. The molecule has 0 aromatic heterocycles. The van der Waals surface area contributed by atoms with Crippen LogP contribution in [0, 0.1) is 5.41 Å². The molecule has 64 valence electrons. The molecule has 0 aromatic rings. The molecular weight excluding hydrogens is 138 g/mol. The lowest BCUT2D eigenvalue weighted by Gasteiger charge is -2.20. The molecule has 0 unspecified atom stereocenters. The van der Waals surface area contributed by atoms with Gasteiger partial charge in [0.25, 0.3) is 0 Å². The number of rotatable bonds is 4. The summed E-state index contributed by atoms with van der Waals surface area (Å²) in [5.74, 6) is 0.0971. The summed E-state index contributed by atoms with van der Waals surface area (Å²) in [5, 5.41) is 2.77. The molecule has 0 atom stereocenters. The smallest absolute Gasteiger partial charge is 0.225 e. The normalized spacial score (nSPS) is 10.8. The fourth-order valence-corrected chi connectivity index (χ4v) is 0.565. The van der Waals surface area contributed by atoms with Gasteiger partial charge < -0.3 is 5.32 Å². The molecule has 0 saturated carbocycles. The molecule has 1 N–H and O–H groups in total. The third kappa shape index (κ3) is 3.21. The highest BCUT2D eigenvalue weighted by atomic mass is 16.2. The number of hydrogen-bond acceptors (Lipinski definition) is 1. The zero-order valence-corrected chi connectivity index (χ0v) is 7.61. The van der Waals surface area contributed by atoms with E-state index in [1.54, 1.807) is 6.08 Å². The van der Waals surface area contributed by atoms with Crippen molar-refractivity contribution in [3.8, 4) is 0 Å². The monoisotopic (exact) mass is 155 g/mol. The van der Waals surface area contributed by atoms with Crippen LogP contribution >= 0.6 is 0 Å². The standard InChI is InChI=1S/C9H17NO/c1-5-7-10-8(11)9(3,4)6-2/h5H,1,6-7H2,2-4H3,(H,10,11). The predicted molar refractivity (Wildman–Crippen MR) is 47.3 cm³/mol. The molecule has 0 radical (unpaired) electrons. The van der Waals surface area contributed by atoms with Crippen LogP contribution in [0.15, 0.2) is 12.7 Å². The van der Waals surface area contributed by atoms with Crippen LogP contribution in [0.2, 0.25) is 0 Å². The summed E-state index contributed by atoms with van der Waals surface area (Å²) in [4.78, 5) is 11.3. The van der Waals surface area contributed by atoms with Crippen molar-refractivity contribution in [2.24, 2.45) is 5.41 Å². The van der Waals surface area contributed by atoms with E-state index in [-0.39, 0.29) is 11.3 Å². The summed E-state index contributed by atoms with van der Waals surface area (Å²) in [5.41, 5.74) is -0.247. The highest BCUT2D eigenvalue weighted by molar-refractivity contribution is 5.81. The van der Waals surface area contributed by atoms with Crippen molar-refractivity contribution in [3.63, 3.8) is 0 Å². The van der Waals surface area contributed by atoms with Gasteiger partial charge in [0, 0.05) is 12.0 Å². The van der Waals surface area contributed by atoms with E-state index in [1.165, 1.54) is 0 Å². The molecule has 0 fully saturated rings. The molecule has 0 aliphatic rings. The lowest BCUT2D eigenvalue weighted by molar-refractivity contribution is -0.129. The summed E-state index contributed by atoms with van der Waals surface area (Å²) < 4.78 is 0. The number of nitrogens with one attached hydrogen (secondary N) is 1. The Hall–Kier alpha value is -0.790. The van der Waals surface area contributed by atoms with E-state index in [1.807, 2.05) is 20.8 Å². The highest BCUT2D eigenvalue weighted by Gasteiger charge is 2.23. The van der Waals surface area contributed by atoms with Gasteiger partial charge in [-0.15, -0.1) is 6.58 Å². The first-order chi connectivity index (χ1) is 5.04. The molecule has 0 rings (SSSR count). The van der Waals surface area contributed by atoms with Gasteiger partial charge in [0.15, 0.2) is 0 Å². The summed E-state index contributed by atoms with van der Waals surface area (Å²) in [6, 6.07) is 0. The topological polar surface area (TPSA) is 29.1 Å². The van der Waals surface area contributed by atoms with Gasteiger partial charge in [0.1, 0.15) is 0 Å². The van der Waals surface area contributed by atoms with Crippen LogP contribution in [0.5, 0.6) is 0 Å². The van der Waals surface area contributed by atoms with Gasteiger partial charge >= 0.3 is 0 Å². The average Bonchev–Trinajstić information content (AvgIpc) is 2.00. The molecule has 2 nitrogen and oxygen atoms in total. The minimum absolute atomic E-state index is 0.0971. The van der Waals surface area contributed by atoms with Crippen molar-refractivity contribution < 1.29 is 4.79 Å². The second-order valence-corrected chi connectivity index (χ2v) is 3.24. The van der Waals surface area contributed by atoms with Crippen molar-refractivity contribution in [1.82, 2.24) is 5.32 Å². The van der Waals surface area contributed by atoms with E-state index in [0.29, 0.717) is 6.54 Å². The predicted octanol–water partition coefficient (Wildman–Crippen LogP) is 1.72. The third-order valence-electron chi connectivity index (χ3n) is 1.91. The van der Waals surface area contributed by atoms with Crippen LogP contribution in [0.1, 0.15) is 27.2 Å². The molecule has 0 spiro atoms. The Morgan fingerprint density at radius 1 is 1.64 bits per heavy atom. The third-order valence-corrected chi connectivity index (χ3v) is 1.91. The molecule has 0 heterocycles. The summed E-state index contributed by atoms with van der Waals surface area (Å²) >= 11 is 0. The van der Waals surface area contributed by atoms with Crippen LogP contribution in [0.3, 0.4) is 0 Å². The molecule has 0 aromatic carbocycles. The van der Waals surface area contributed by atoms with Gasteiger partial charge in [0.05, 0.1) is 0 Å². The summed E-state index contributed by atoms with van der Waals surface area (Å²) in [7, 11) is 0. The van der Waals surface area contributed by atoms with E-state index in [0.717, 1.165) is 6.42 Å². The first-order valence-corrected chi connectivity index (χ1v) is 3.93. The van der Waals surface area contributed by atoms with Crippen molar-refractivity contribution in [2.45, 2.75) is 27.2 Å². The fourth-order valence-electron chi connectivity index (χ4n) is 0.565. The lowest BCUT2D eigenvalue weighted by atomic mass is 9.89. The van der Waals surface area contributed by atoms with E-state index in [4.69, 9.17) is 0 Å². The van der Waals surface area contributed by atoms with Gasteiger partial charge in [-0.2, -0.15) is 0 Å². The maximum absolute atomic E-state index is 11.3. The minimum Gasteiger partial charge on any atom is -0.352 e. The maximum Gasteiger partial charge on any atom is 0.225 e. The van der Waals surface area contributed by atoms with Crippen LogP contribution < -0.4 is 5.32 Å². The fraction of sp³-hybridized carbons (Fsp3) is 0.667. The molecule has 0 aliphatic heterocycles. The van der Waals surface area contributed by atoms with E-state index in [9.17, 15) is 4.79 Å². The number of carbonyl (C=O) groups excluding carboxylic acids is 1. The Kier molecular flexibility index (Phi) is 3.86.